The standard InChI is InChI=1S/C30H31NOSSi/c1-3-25(2)24-34(28-20-12-6-13-21-28,29-22-14-7-15-23-29)30(26-16-8-4-9-17-26)31-33(32)27-18-10-5-11-19-27/h3-23,25,30-31H,1,24H2,2H3. The lowest BCUT2D eigenvalue weighted by Crippen LogP contribution is -2.66. The molecule has 0 fully saturated rings. The monoisotopic (exact) mass is 481 g/mol. The van der Waals surface area contributed by atoms with Gasteiger partial charge >= 0.3 is 0 Å². The highest BCUT2D eigenvalue weighted by Crippen LogP contribution is 2.32. The predicted molar refractivity (Wildman–Crippen MR) is 147 cm³/mol. The minimum absolute atomic E-state index is 0.109. The van der Waals surface area contributed by atoms with E-state index in [0.717, 1.165) is 16.5 Å². The average Bonchev–Trinajstić information content (AvgIpc) is 2.92. The summed E-state index contributed by atoms with van der Waals surface area (Å²) in [6, 6.07) is 42.7. The fourth-order valence-corrected chi connectivity index (χ4v) is 12.0. The Labute approximate surface area is 207 Å². The molecule has 4 aromatic rings. The molecule has 4 aromatic carbocycles. The average molecular weight is 482 g/mol. The van der Waals surface area contributed by atoms with E-state index in [1.54, 1.807) is 0 Å². The first-order chi connectivity index (χ1) is 16.6. The predicted octanol–water partition coefficient (Wildman–Crippen LogP) is 5.66. The van der Waals surface area contributed by atoms with Gasteiger partial charge in [0.2, 0.25) is 0 Å². The van der Waals surface area contributed by atoms with Crippen LogP contribution in [-0.4, -0.2) is 12.3 Å². The normalized spacial score (nSPS) is 14.1. The van der Waals surface area contributed by atoms with Crippen molar-refractivity contribution in [3.63, 3.8) is 0 Å². The molecule has 4 heteroatoms. The summed E-state index contributed by atoms with van der Waals surface area (Å²) in [5, 5.41) is 2.64. The van der Waals surface area contributed by atoms with Crippen molar-refractivity contribution in [2.75, 3.05) is 0 Å². The Morgan fingerprint density at radius 1 is 0.765 bits per heavy atom. The van der Waals surface area contributed by atoms with E-state index >= 15 is 0 Å². The maximum atomic E-state index is 13.7. The van der Waals surface area contributed by atoms with Crippen molar-refractivity contribution in [1.29, 1.82) is 0 Å². The molecule has 0 radical (unpaired) electrons. The fraction of sp³-hybridized carbons (Fsp3) is 0.133. The van der Waals surface area contributed by atoms with Gasteiger partial charge in [0.05, 0.1) is 4.90 Å². The lowest BCUT2D eigenvalue weighted by atomic mass is 10.2. The van der Waals surface area contributed by atoms with Gasteiger partial charge < -0.3 is 0 Å². The lowest BCUT2D eigenvalue weighted by Gasteiger charge is -2.42. The topological polar surface area (TPSA) is 29.1 Å². The van der Waals surface area contributed by atoms with E-state index in [0.29, 0.717) is 5.92 Å². The highest BCUT2D eigenvalue weighted by atomic mass is 32.2. The quantitative estimate of drug-likeness (QED) is 0.230. The summed E-state index contributed by atoms with van der Waals surface area (Å²) < 4.78 is 17.3. The van der Waals surface area contributed by atoms with Crippen LogP contribution in [-0.2, 0) is 11.0 Å². The van der Waals surface area contributed by atoms with Gasteiger partial charge in [-0.05, 0) is 29.7 Å². The van der Waals surface area contributed by atoms with Gasteiger partial charge in [-0.3, -0.25) is 0 Å². The van der Waals surface area contributed by atoms with Crippen LogP contribution in [0.1, 0.15) is 18.2 Å². The zero-order valence-electron chi connectivity index (χ0n) is 19.5. The summed E-state index contributed by atoms with van der Waals surface area (Å²) in [5.41, 5.74) is 1.05. The van der Waals surface area contributed by atoms with Crippen LogP contribution >= 0.6 is 0 Å². The first-order valence-electron chi connectivity index (χ1n) is 11.7. The molecule has 3 unspecified atom stereocenters. The first kappa shape index (κ1) is 24.1. The molecule has 0 saturated carbocycles. The number of rotatable bonds is 10. The Kier molecular flexibility index (Phi) is 8.06. The second-order valence-corrected chi connectivity index (χ2v) is 14.0. The molecule has 0 heterocycles. The van der Waals surface area contributed by atoms with Crippen molar-refractivity contribution in [1.82, 2.24) is 4.72 Å². The van der Waals surface area contributed by atoms with Crippen LogP contribution in [0, 0.1) is 5.92 Å². The van der Waals surface area contributed by atoms with Crippen molar-refractivity contribution < 1.29 is 4.21 Å². The molecule has 0 aromatic heterocycles. The summed E-state index contributed by atoms with van der Waals surface area (Å²) in [6.45, 7) is 6.35. The number of hydrogen-bond donors (Lipinski definition) is 1. The second-order valence-electron chi connectivity index (χ2n) is 8.66. The maximum absolute atomic E-state index is 13.7. The molecular weight excluding hydrogens is 450 g/mol. The van der Waals surface area contributed by atoms with Crippen LogP contribution in [0.3, 0.4) is 0 Å². The zero-order valence-corrected chi connectivity index (χ0v) is 21.3. The van der Waals surface area contributed by atoms with E-state index in [2.05, 4.69) is 103 Å². The molecule has 0 bridgehead atoms. The molecule has 0 spiro atoms. The van der Waals surface area contributed by atoms with Crippen molar-refractivity contribution in [2.24, 2.45) is 5.92 Å². The molecule has 0 aliphatic rings. The van der Waals surface area contributed by atoms with Gasteiger partial charge in [-0.25, -0.2) is 8.93 Å². The van der Waals surface area contributed by atoms with E-state index in [9.17, 15) is 4.21 Å². The van der Waals surface area contributed by atoms with Gasteiger partial charge in [-0.15, -0.1) is 6.58 Å². The van der Waals surface area contributed by atoms with Crippen LogP contribution in [0.15, 0.2) is 139 Å². The highest BCUT2D eigenvalue weighted by Gasteiger charge is 2.46. The van der Waals surface area contributed by atoms with Crippen LogP contribution in [0.25, 0.3) is 0 Å². The molecule has 34 heavy (non-hydrogen) atoms. The number of hydrogen-bond acceptors (Lipinski definition) is 1. The summed E-state index contributed by atoms with van der Waals surface area (Å²) >= 11 is 0. The molecule has 172 valence electrons. The van der Waals surface area contributed by atoms with Crippen LogP contribution in [0.2, 0.25) is 6.04 Å². The van der Waals surface area contributed by atoms with E-state index in [1.165, 1.54) is 10.4 Å². The van der Waals surface area contributed by atoms with Crippen molar-refractivity contribution in [3.05, 3.63) is 140 Å². The van der Waals surface area contributed by atoms with Crippen LogP contribution in [0.4, 0.5) is 0 Å². The van der Waals surface area contributed by atoms with Gasteiger partial charge in [-0.1, -0.05) is 133 Å². The largest absolute Gasteiger partial charge is 0.237 e. The Morgan fingerprint density at radius 2 is 1.21 bits per heavy atom. The summed E-state index contributed by atoms with van der Waals surface area (Å²) in [7, 11) is -3.94. The molecular formula is C30H31NOSSi. The molecule has 2 nitrogen and oxygen atoms in total. The minimum atomic E-state index is -2.57. The zero-order chi connectivity index (χ0) is 23.8. The maximum Gasteiger partial charge on any atom is 0.141 e. The van der Waals surface area contributed by atoms with Crippen LogP contribution in [0.5, 0.6) is 0 Å². The van der Waals surface area contributed by atoms with Crippen LogP contribution < -0.4 is 15.1 Å². The van der Waals surface area contributed by atoms with Crippen molar-refractivity contribution >= 4 is 29.4 Å². The number of nitrogens with one attached hydrogen (secondary N) is 1. The summed E-state index contributed by atoms with van der Waals surface area (Å²) in [5.74, 6) is 0.297. The van der Waals surface area contributed by atoms with Crippen molar-refractivity contribution in [3.8, 4) is 0 Å². The van der Waals surface area contributed by atoms with Gasteiger partial charge in [0.25, 0.3) is 0 Å². The number of benzene rings is 4. The van der Waals surface area contributed by atoms with E-state index in [-0.39, 0.29) is 5.67 Å². The SMILES string of the molecule is C=CC(C)C[Si](c1ccccc1)(c1ccccc1)C(NS(=O)c1ccccc1)c1ccccc1. The minimum Gasteiger partial charge on any atom is -0.237 e. The Hall–Kier alpha value is -3.05. The molecule has 0 aliphatic heterocycles. The second kappa shape index (κ2) is 11.4. The van der Waals surface area contributed by atoms with Gasteiger partial charge in [0.1, 0.15) is 19.1 Å². The van der Waals surface area contributed by atoms with Gasteiger partial charge in [-0.2, -0.15) is 0 Å². The fourth-order valence-electron chi connectivity index (χ4n) is 4.73. The third-order valence-corrected chi connectivity index (χ3v) is 13.3. The van der Waals surface area contributed by atoms with Gasteiger partial charge in [0.15, 0.2) is 0 Å². The Morgan fingerprint density at radius 3 is 1.68 bits per heavy atom. The molecule has 0 aliphatic carbocycles. The molecule has 0 amide bonds. The van der Waals surface area contributed by atoms with E-state index < -0.39 is 19.1 Å². The smallest absolute Gasteiger partial charge is 0.141 e. The molecule has 0 saturated heterocycles. The molecule has 3 atom stereocenters. The number of allylic oxidation sites excluding steroid dienone is 1. The summed E-state index contributed by atoms with van der Waals surface area (Å²) in [6.07, 6.45) is 2.05. The van der Waals surface area contributed by atoms with Gasteiger partial charge in [0, 0.05) is 5.67 Å². The summed E-state index contributed by atoms with van der Waals surface area (Å²) in [4.78, 5) is 0.782. The first-order valence-corrected chi connectivity index (χ1v) is 15.1. The lowest BCUT2D eigenvalue weighted by molar-refractivity contribution is 0.666. The van der Waals surface area contributed by atoms with E-state index in [1.807, 2.05) is 42.5 Å². The Balaban J connectivity index is 1.97. The third kappa shape index (κ3) is 5.20. The molecule has 4 rings (SSSR count). The van der Waals surface area contributed by atoms with E-state index in [4.69, 9.17) is 0 Å². The highest BCUT2D eigenvalue weighted by molar-refractivity contribution is 7.83. The molecule has 1 N–H and O–H groups in total. The Bertz CT molecular complexity index is 1160. The third-order valence-electron chi connectivity index (χ3n) is 6.43. The van der Waals surface area contributed by atoms with Crippen molar-refractivity contribution in [2.45, 2.75) is 23.5 Å².